The number of nitrogens with one attached hydrogen (secondary N) is 1. The maximum Gasteiger partial charge on any atom is 0.303 e. The van der Waals surface area contributed by atoms with Gasteiger partial charge < -0.3 is 10.4 Å². The molecule has 1 atom stereocenters. The molecule has 70 valence electrons. The lowest BCUT2D eigenvalue weighted by molar-refractivity contribution is -0.139. The maximum atomic E-state index is 10.4. The summed E-state index contributed by atoms with van der Waals surface area (Å²) >= 11 is 0. The molecule has 1 unspecified atom stereocenters. The van der Waals surface area contributed by atoms with E-state index in [-0.39, 0.29) is 12.4 Å². The zero-order chi connectivity index (χ0) is 7.84. The third-order valence-corrected chi connectivity index (χ3v) is 2.95. The zero-order valence-electron chi connectivity index (χ0n) is 6.82. The van der Waals surface area contributed by atoms with Gasteiger partial charge in [0, 0.05) is 12.5 Å². The first-order chi connectivity index (χ1) is 5.25. The number of fused-ring (bicyclic) bond motifs is 2. The van der Waals surface area contributed by atoms with Crippen molar-refractivity contribution >= 4 is 18.4 Å². The minimum Gasteiger partial charge on any atom is -0.481 e. The number of aliphatic carboxylic acids is 1. The Morgan fingerprint density at radius 3 is 2.58 bits per heavy atom. The van der Waals surface area contributed by atoms with Crippen LogP contribution in [0, 0.1) is 11.8 Å². The smallest absolute Gasteiger partial charge is 0.303 e. The van der Waals surface area contributed by atoms with E-state index >= 15 is 0 Å². The van der Waals surface area contributed by atoms with E-state index in [9.17, 15) is 4.79 Å². The van der Waals surface area contributed by atoms with Gasteiger partial charge in [-0.15, -0.1) is 12.4 Å². The molecule has 0 spiro atoms. The van der Waals surface area contributed by atoms with Gasteiger partial charge in [-0.2, -0.15) is 0 Å². The molecule has 0 radical (unpaired) electrons. The quantitative estimate of drug-likeness (QED) is 0.682. The van der Waals surface area contributed by atoms with E-state index in [2.05, 4.69) is 5.32 Å². The minimum absolute atomic E-state index is 0. The van der Waals surface area contributed by atoms with E-state index in [0.717, 1.165) is 6.54 Å². The van der Waals surface area contributed by atoms with Gasteiger partial charge in [0.2, 0.25) is 0 Å². The molecule has 2 aliphatic heterocycles. The maximum absolute atomic E-state index is 10.4. The Morgan fingerprint density at radius 2 is 2.17 bits per heavy atom. The van der Waals surface area contributed by atoms with E-state index in [0.29, 0.717) is 24.3 Å². The lowest BCUT2D eigenvalue weighted by Gasteiger charge is -2.47. The molecule has 1 aliphatic carbocycles. The Balaban J connectivity index is 0.000000720. The first-order valence-electron chi connectivity index (χ1n) is 4.21. The van der Waals surface area contributed by atoms with Crippen molar-refractivity contribution in [2.45, 2.75) is 25.3 Å². The predicted octanol–water partition coefficient (Wildman–Crippen LogP) is 0.881. The number of piperidine rings is 2. The van der Waals surface area contributed by atoms with Crippen molar-refractivity contribution in [1.29, 1.82) is 0 Å². The molecule has 2 bridgehead atoms. The van der Waals surface area contributed by atoms with Crippen LogP contribution in [0.4, 0.5) is 0 Å². The summed E-state index contributed by atoms with van der Waals surface area (Å²) in [5, 5.41) is 11.9. The highest BCUT2D eigenvalue weighted by atomic mass is 35.5. The first kappa shape index (κ1) is 9.81. The highest BCUT2D eigenvalue weighted by molar-refractivity contribution is 5.85. The topological polar surface area (TPSA) is 49.3 Å². The fourth-order valence-electron chi connectivity index (χ4n) is 2.16. The summed E-state index contributed by atoms with van der Waals surface area (Å²) in [7, 11) is 0. The molecule has 3 aliphatic rings. The predicted molar refractivity (Wildman–Crippen MR) is 47.5 cm³/mol. The van der Waals surface area contributed by atoms with E-state index in [1.807, 2.05) is 0 Å². The summed E-state index contributed by atoms with van der Waals surface area (Å²) in [6.45, 7) is 0.918. The molecule has 0 aromatic heterocycles. The van der Waals surface area contributed by atoms with Crippen molar-refractivity contribution in [3.63, 3.8) is 0 Å². The zero-order valence-corrected chi connectivity index (χ0v) is 7.64. The van der Waals surface area contributed by atoms with Gasteiger partial charge in [0.1, 0.15) is 0 Å². The highest BCUT2D eigenvalue weighted by Crippen LogP contribution is 2.39. The Bertz CT molecular complexity index is 177. The Kier molecular flexibility index (Phi) is 2.96. The largest absolute Gasteiger partial charge is 0.481 e. The van der Waals surface area contributed by atoms with Crippen LogP contribution in [0.5, 0.6) is 0 Å². The molecule has 2 saturated heterocycles. The van der Waals surface area contributed by atoms with Crippen molar-refractivity contribution in [3.05, 3.63) is 0 Å². The summed E-state index contributed by atoms with van der Waals surface area (Å²) in [4.78, 5) is 10.4. The van der Waals surface area contributed by atoms with Crippen molar-refractivity contribution in [3.8, 4) is 0 Å². The molecule has 2 heterocycles. The number of hydrogen-bond donors (Lipinski definition) is 2. The van der Waals surface area contributed by atoms with Crippen LogP contribution in [0.3, 0.4) is 0 Å². The molecule has 0 amide bonds. The highest BCUT2D eigenvalue weighted by Gasteiger charge is 2.40. The fraction of sp³-hybridized carbons (Fsp3) is 0.875. The number of carboxylic acid groups (broad SMARTS) is 1. The second-order valence-electron chi connectivity index (χ2n) is 3.69. The van der Waals surface area contributed by atoms with E-state index in [1.54, 1.807) is 0 Å². The molecular weight excluding hydrogens is 178 g/mol. The van der Waals surface area contributed by atoms with Crippen LogP contribution < -0.4 is 5.32 Å². The van der Waals surface area contributed by atoms with Crippen molar-refractivity contribution in [2.75, 3.05) is 6.54 Å². The molecular formula is C8H14ClNO2. The average molecular weight is 192 g/mol. The van der Waals surface area contributed by atoms with Crippen molar-refractivity contribution in [1.82, 2.24) is 5.32 Å². The Hall–Kier alpha value is -0.280. The van der Waals surface area contributed by atoms with Crippen LogP contribution in [-0.4, -0.2) is 23.7 Å². The van der Waals surface area contributed by atoms with Crippen LogP contribution in [0.25, 0.3) is 0 Å². The Morgan fingerprint density at radius 1 is 1.50 bits per heavy atom. The van der Waals surface area contributed by atoms with Crippen LogP contribution in [0.15, 0.2) is 0 Å². The summed E-state index contributed by atoms with van der Waals surface area (Å²) in [5.74, 6) is 0.456. The van der Waals surface area contributed by atoms with Gasteiger partial charge in [-0.25, -0.2) is 0 Å². The molecule has 0 aromatic rings. The molecule has 2 N–H and O–H groups in total. The molecule has 3 nitrogen and oxygen atoms in total. The Labute approximate surface area is 77.9 Å². The second kappa shape index (κ2) is 3.62. The lowest BCUT2D eigenvalue weighted by Crippen LogP contribution is -2.54. The number of carboxylic acids is 1. The van der Waals surface area contributed by atoms with Gasteiger partial charge in [-0.05, 0) is 31.2 Å². The fourth-order valence-corrected chi connectivity index (χ4v) is 2.16. The molecule has 3 fully saturated rings. The van der Waals surface area contributed by atoms with Gasteiger partial charge >= 0.3 is 5.97 Å². The molecule has 3 rings (SSSR count). The summed E-state index contributed by atoms with van der Waals surface area (Å²) < 4.78 is 0. The number of halogens is 1. The number of rotatable bonds is 2. The lowest BCUT2D eigenvalue weighted by atomic mass is 9.68. The molecule has 0 aromatic carbocycles. The van der Waals surface area contributed by atoms with Gasteiger partial charge in [-0.1, -0.05) is 0 Å². The molecule has 12 heavy (non-hydrogen) atoms. The number of carbonyl (C=O) groups is 1. The van der Waals surface area contributed by atoms with Gasteiger partial charge in [0.05, 0.1) is 0 Å². The normalized spacial score (nSPS) is 37.8. The average Bonchev–Trinajstić information content (AvgIpc) is 1.83. The van der Waals surface area contributed by atoms with Crippen LogP contribution in [-0.2, 0) is 4.79 Å². The monoisotopic (exact) mass is 191 g/mol. The summed E-state index contributed by atoms with van der Waals surface area (Å²) in [6, 6.07) is 0.713. The third kappa shape index (κ3) is 1.72. The molecule has 1 saturated carbocycles. The van der Waals surface area contributed by atoms with Gasteiger partial charge in [0.25, 0.3) is 0 Å². The number of hydrogen-bond acceptors (Lipinski definition) is 2. The van der Waals surface area contributed by atoms with E-state index in [1.165, 1.54) is 12.8 Å². The van der Waals surface area contributed by atoms with Crippen LogP contribution in [0.2, 0.25) is 0 Å². The van der Waals surface area contributed by atoms with E-state index < -0.39 is 5.97 Å². The van der Waals surface area contributed by atoms with Crippen LogP contribution >= 0.6 is 12.4 Å². The van der Waals surface area contributed by atoms with Crippen LogP contribution in [0.1, 0.15) is 19.3 Å². The third-order valence-electron chi connectivity index (χ3n) is 2.95. The van der Waals surface area contributed by atoms with Gasteiger partial charge in [0.15, 0.2) is 0 Å². The summed E-state index contributed by atoms with van der Waals surface area (Å²) in [6.07, 6.45) is 2.76. The van der Waals surface area contributed by atoms with Crippen molar-refractivity contribution < 1.29 is 9.90 Å². The summed E-state index contributed by atoms with van der Waals surface area (Å²) in [5.41, 5.74) is 0. The van der Waals surface area contributed by atoms with Crippen molar-refractivity contribution in [2.24, 2.45) is 11.8 Å². The van der Waals surface area contributed by atoms with E-state index in [4.69, 9.17) is 5.11 Å². The SMILES string of the molecule is Cl.O=C(O)CC1CNC2CC1C2. The minimum atomic E-state index is -0.651. The second-order valence-corrected chi connectivity index (χ2v) is 3.69. The first-order valence-corrected chi connectivity index (χ1v) is 4.21. The standard InChI is InChI=1S/C8H13NO2.ClH/c10-8(11)3-6-4-9-7-1-5(6)2-7;/h5-7,9H,1-4H2,(H,10,11);1H. The molecule has 4 heteroatoms. The van der Waals surface area contributed by atoms with Gasteiger partial charge in [-0.3, -0.25) is 4.79 Å².